The van der Waals surface area contributed by atoms with Crippen LogP contribution in [0.4, 0.5) is 0 Å². The second-order valence-electron chi connectivity index (χ2n) is 3.43. The Morgan fingerprint density at radius 1 is 1.56 bits per heavy atom. The van der Waals surface area contributed by atoms with Gasteiger partial charge in [0.2, 0.25) is 11.8 Å². The summed E-state index contributed by atoms with van der Waals surface area (Å²) in [5, 5.41) is 15.8. The Hall–Kier alpha value is -1.99. The van der Waals surface area contributed by atoms with Crippen molar-refractivity contribution in [2.45, 2.75) is 19.9 Å². The molecule has 8 heteroatoms. The average molecular weight is 226 g/mol. The summed E-state index contributed by atoms with van der Waals surface area (Å²) in [5.41, 5.74) is 0. The van der Waals surface area contributed by atoms with Gasteiger partial charge in [-0.3, -0.25) is 9.59 Å². The van der Waals surface area contributed by atoms with Crippen LogP contribution < -0.4 is 5.32 Å². The van der Waals surface area contributed by atoms with Crippen LogP contribution in [0.1, 0.15) is 25.7 Å². The normalized spacial score (nSPS) is 11.9. The van der Waals surface area contributed by atoms with Gasteiger partial charge in [0.15, 0.2) is 5.82 Å². The van der Waals surface area contributed by atoms with E-state index < -0.39 is 0 Å². The lowest BCUT2D eigenvalue weighted by molar-refractivity contribution is -0.133. The highest BCUT2D eigenvalue weighted by Gasteiger charge is 2.15. The number of hydrogen-bond donors (Lipinski definition) is 2. The lowest BCUT2D eigenvalue weighted by atomic mass is 10.3. The van der Waals surface area contributed by atoms with Crippen LogP contribution in [0.2, 0.25) is 0 Å². The number of rotatable bonds is 4. The molecule has 1 rings (SSSR count). The molecule has 0 radical (unpaired) electrons. The molecule has 0 aliphatic rings. The van der Waals surface area contributed by atoms with Crippen molar-refractivity contribution in [3.8, 4) is 0 Å². The topological polar surface area (TPSA) is 104 Å². The molecule has 0 aliphatic carbocycles. The molecule has 0 fully saturated rings. The molecule has 88 valence electrons. The number of aromatic nitrogens is 4. The SMILES string of the molecule is CC(=O)N(C)CC(=O)NC(C)c1nn[nH]n1. The minimum absolute atomic E-state index is 0.0114. The van der Waals surface area contributed by atoms with Gasteiger partial charge >= 0.3 is 0 Å². The van der Waals surface area contributed by atoms with Crippen molar-refractivity contribution in [3.05, 3.63) is 5.82 Å². The van der Waals surface area contributed by atoms with Gasteiger partial charge in [0.05, 0.1) is 12.6 Å². The third-order valence-electron chi connectivity index (χ3n) is 2.04. The molecule has 1 aromatic rings. The highest BCUT2D eigenvalue weighted by molar-refractivity contribution is 5.83. The molecule has 2 N–H and O–H groups in total. The quantitative estimate of drug-likeness (QED) is 0.675. The average Bonchev–Trinajstić information content (AvgIpc) is 2.69. The van der Waals surface area contributed by atoms with Crippen LogP contribution in [-0.2, 0) is 9.59 Å². The number of nitrogens with one attached hydrogen (secondary N) is 2. The second kappa shape index (κ2) is 5.19. The van der Waals surface area contributed by atoms with E-state index in [0.717, 1.165) is 0 Å². The lowest BCUT2D eigenvalue weighted by Crippen LogP contribution is -2.38. The number of tetrazole rings is 1. The Labute approximate surface area is 92.4 Å². The van der Waals surface area contributed by atoms with E-state index in [0.29, 0.717) is 5.82 Å². The van der Waals surface area contributed by atoms with Crippen LogP contribution in [0.5, 0.6) is 0 Å². The van der Waals surface area contributed by atoms with Gasteiger partial charge in [0.1, 0.15) is 0 Å². The first-order valence-electron chi connectivity index (χ1n) is 4.75. The number of H-pyrrole nitrogens is 1. The van der Waals surface area contributed by atoms with Gasteiger partial charge in [-0.15, -0.1) is 10.2 Å². The van der Waals surface area contributed by atoms with E-state index in [1.807, 2.05) is 0 Å². The van der Waals surface area contributed by atoms with E-state index in [1.165, 1.54) is 11.8 Å². The molecular weight excluding hydrogens is 212 g/mol. The maximum Gasteiger partial charge on any atom is 0.240 e. The molecule has 1 aromatic heterocycles. The van der Waals surface area contributed by atoms with Gasteiger partial charge in [-0.25, -0.2) is 0 Å². The molecule has 8 nitrogen and oxygen atoms in total. The number of likely N-dealkylation sites (N-methyl/N-ethyl adjacent to an activating group) is 1. The van der Waals surface area contributed by atoms with Crippen molar-refractivity contribution >= 4 is 11.8 Å². The van der Waals surface area contributed by atoms with Gasteiger partial charge in [0.25, 0.3) is 0 Å². The largest absolute Gasteiger partial charge is 0.345 e. The minimum atomic E-state index is -0.341. The number of nitrogens with zero attached hydrogens (tertiary/aromatic N) is 4. The maximum atomic E-state index is 11.5. The molecule has 0 saturated carbocycles. The number of aromatic amines is 1. The minimum Gasteiger partial charge on any atom is -0.345 e. The van der Waals surface area contributed by atoms with Gasteiger partial charge < -0.3 is 10.2 Å². The van der Waals surface area contributed by atoms with Crippen LogP contribution in [0, 0.1) is 0 Å². The fourth-order valence-corrected chi connectivity index (χ4v) is 1.03. The van der Waals surface area contributed by atoms with E-state index >= 15 is 0 Å². The van der Waals surface area contributed by atoms with Crippen molar-refractivity contribution in [1.29, 1.82) is 0 Å². The Kier molecular flexibility index (Phi) is 3.92. The van der Waals surface area contributed by atoms with Crippen LogP contribution in [0.25, 0.3) is 0 Å². The molecule has 0 saturated heterocycles. The summed E-state index contributed by atoms with van der Waals surface area (Å²) in [6.07, 6.45) is 0. The zero-order valence-corrected chi connectivity index (χ0v) is 9.39. The van der Waals surface area contributed by atoms with Crippen LogP contribution in [0.15, 0.2) is 0 Å². The summed E-state index contributed by atoms with van der Waals surface area (Å²) in [6, 6.07) is -0.341. The van der Waals surface area contributed by atoms with Crippen molar-refractivity contribution in [2.24, 2.45) is 0 Å². The fourth-order valence-electron chi connectivity index (χ4n) is 1.03. The number of carbonyl (C=O) groups is 2. The molecule has 1 heterocycles. The van der Waals surface area contributed by atoms with Crippen LogP contribution in [-0.4, -0.2) is 50.9 Å². The summed E-state index contributed by atoms with van der Waals surface area (Å²) < 4.78 is 0. The molecule has 2 amide bonds. The van der Waals surface area contributed by atoms with E-state index in [2.05, 4.69) is 25.9 Å². The first-order valence-corrected chi connectivity index (χ1v) is 4.75. The predicted octanol–water partition coefficient (Wildman–Crippen LogP) is -1.14. The van der Waals surface area contributed by atoms with E-state index in [4.69, 9.17) is 0 Å². The summed E-state index contributed by atoms with van der Waals surface area (Å²) >= 11 is 0. The fraction of sp³-hybridized carbons (Fsp3) is 0.625. The van der Waals surface area contributed by atoms with Gasteiger partial charge in [0, 0.05) is 14.0 Å². The highest BCUT2D eigenvalue weighted by atomic mass is 16.2. The summed E-state index contributed by atoms with van der Waals surface area (Å²) in [6.45, 7) is 3.14. The zero-order chi connectivity index (χ0) is 12.1. The molecule has 1 unspecified atom stereocenters. The first kappa shape index (κ1) is 12.1. The Morgan fingerprint density at radius 2 is 2.25 bits per heavy atom. The molecule has 1 atom stereocenters. The van der Waals surface area contributed by atoms with Crippen molar-refractivity contribution in [3.63, 3.8) is 0 Å². The number of amides is 2. The Balaban J connectivity index is 2.43. The predicted molar refractivity (Wildman–Crippen MR) is 54.0 cm³/mol. The monoisotopic (exact) mass is 226 g/mol. The van der Waals surface area contributed by atoms with Crippen molar-refractivity contribution in [2.75, 3.05) is 13.6 Å². The maximum absolute atomic E-state index is 11.5. The third kappa shape index (κ3) is 3.30. The zero-order valence-electron chi connectivity index (χ0n) is 9.39. The second-order valence-corrected chi connectivity index (χ2v) is 3.43. The molecule has 0 aliphatic heterocycles. The molecule has 0 aromatic carbocycles. The van der Waals surface area contributed by atoms with Crippen molar-refractivity contribution < 1.29 is 9.59 Å². The van der Waals surface area contributed by atoms with Gasteiger partial charge in [-0.1, -0.05) is 5.21 Å². The van der Waals surface area contributed by atoms with E-state index in [-0.39, 0.29) is 24.4 Å². The van der Waals surface area contributed by atoms with Crippen LogP contribution in [0.3, 0.4) is 0 Å². The Morgan fingerprint density at radius 3 is 2.75 bits per heavy atom. The highest BCUT2D eigenvalue weighted by Crippen LogP contribution is 2.02. The summed E-state index contributed by atoms with van der Waals surface area (Å²) in [5.74, 6) is -0.0313. The first-order chi connectivity index (χ1) is 7.50. The lowest BCUT2D eigenvalue weighted by Gasteiger charge is -2.16. The Bertz CT molecular complexity index is 363. The molecular formula is C8H14N6O2. The number of hydrogen-bond acceptors (Lipinski definition) is 5. The smallest absolute Gasteiger partial charge is 0.240 e. The van der Waals surface area contributed by atoms with E-state index in [1.54, 1.807) is 14.0 Å². The summed E-state index contributed by atoms with van der Waals surface area (Å²) in [7, 11) is 1.56. The van der Waals surface area contributed by atoms with E-state index in [9.17, 15) is 9.59 Å². The van der Waals surface area contributed by atoms with Gasteiger partial charge in [-0.2, -0.15) is 5.21 Å². The molecule has 16 heavy (non-hydrogen) atoms. The number of carbonyl (C=O) groups excluding carboxylic acids is 2. The summed E-state index contributed by atoms with van der Waals surface area (Å²) in [4.78, 5) is 23.7. The third-order valence-corrected chi connectivity index (χ3v) is 2.04. The van der Waals surface area contributed by atoms with Gasteiger partial charge in [-0.05, 0) is 6.92 Å². The van der Waals surface area contributed by atoms with Crippen LogP contribution >= 0.6 is 0 Å². The molecule has 0 spiro atoms. The standard InChI is InChI=1S/C8H14N6O2/c1-5(8-10-12-13-11-8)9-7(16)4-14(3)6(2)15/h5H,4H2,1-3H3,(H,9,16)(H,10,11,12,13). The molecule has 0 bridgehead atoms. The van der Waals surface area contributed by atoms with Crippen molar-refractivity contribution in [1.82, 2.24) is 30.8 Å².